The number of aryl methyl sites for hydroxylation is 1. The first-order valence-electron chi connectivity index (χ1n) is 9.34. The second-order valence-corrected chi connectivity index (χ2v) is 7.46. The number of piperidine rings is 1. The Balaban J connectivity index is 1.60. The minimum Gasteiger partial charge on any atom is -0.504 e. The summed E-state index contributed by atoms with van der Waals surface area (Å²) in [6, 6.07) is 8.89. The predicted molar refractivity (Wildman–Crippen MR) is 103 cm³/mol. The van der Waals surface area contributed by atoms with Crippen LogP contribution in [0.25, 0.3) is 0 Å². The molecule has 0 radical (unpaired) electrons. The van der Waals surface area contributed by atoms with Gasteiger partial charge in [0.2, 0.25) is 0 Å². The highest BCUT2D eigenvalue weighted by molar-refractivity contribution is 5.76. The number of aldehydes is 1. The summed E-state index contributed by atoms with van der Waals surface area (Å²) in [4.78, 5) is 22.0. The topological polar surface area (TPSA) is 66.3 Å². The molecule has 5 nitrogen and oxygen atoms in total. The molecule has 1 aliphatic rings. The molecule has 0 amide bonds. The largest absolute Gasteiger partial charge is 0.504 e. The molecule has 1 aromatic carbocycles. The van der Waals surface area contributed by atoms with Crippen molar-refractivity contribution in [1.29, 1.82) is 0 Å². The quantitative estimate of drug-likeness (QED) is 0.826. The zero-order valence-electron chi connectivity index (χ0n) is 15.8. The number of nitrogens with zero attached hydrogens (tertiary/aromatic N) is 3. The summed E-state index contributed by atoms with van der Waals surface area (Å²) < 4.78 is 0. The number of hydrogen-bond donors (Lipinski definition) is 1. The van der Waals surface area contributed by atoms with Gasteiger partial charge in [-0.2, -0.15) is 0 Å². The number of hydrogen-bond acceptors (Lipinski definition) is 5. The smallest absolute Gasteiger partial charge is 0.172 e. The molecule has 1 fully saturated rings. The van der Waals surface area contributed by atoms with Crippen molar-refractivity contribution >= 4 is 12.0 Å². The molecule has 0 saturated carbocycles. The van der Waals surface area contributed by atoms with E-state index in [1.807, 2.05) is 0 Å². The number of carbonyl (C=O) groups excluding carboxylic acids is 1. The molecule has 138 valence electrons. The van der Waals surface area contributed by atoms with Crippen LogP contribution in [0.15, 0.2) is 24.3 Å². The van der Waals surface area contributed by atoms with Gasteiger partial charge < -0.3 is 10.0 Å². The van der Waals surface area contributed by atoms with Gasteiger partial charge in [-0.25, -0.2) is 9.97 Å². The van der Waals surface area contributed by atoms with Gasteiger partial charge in [-0.05, 0) is 49.3 Å². The Kier molecular flexibility index (Phi) is 5.55. The van der Waals surface area contributed by atoms with Crippen molar-refractivity contribution in [2.45, 2.75) is 46.0 Å². The Labute approximate surface area is 155 Å². The van der Waals surface area contributed by atoms with Gasteiger partial charge in [0.05, 0.1) is 5.69 Å². The lowest BCUT2D eigenvalue weighted by Gasteiger charge is -2.33. The summed E-state index contributed by atoms with van der Waals surface area (Å²) in [5.41, 5.74) is 3.22. The highest BCUT2D eigenvalue weighted by atomic mass is 16.3. The Morgan fingerprint density at radius 3 is 2.42 bits per heavy atom. The highest BCUT2D eigenvalue weighted by Gasteiger charge is 2.21. The Hall–Kier alpha value is -2.43. The average Bonchev–Trinajstić information content (AvgIpc) is 2.65. The molecule has 2 aromatic rings. The zero-order valence-corrected chi connectivity index (χ0v) is 15.8. The van der Waals surface area contributed by atoms with Crippen LogP contribution in [0.2, 0.25) is 0 Å². The molecular weight excluding hydrogens is 326 g/mol. The molecule has 0 bridgehead atoms. The van der Waals surface area contributed by atoms with Gasteiger partial charge in [0, 0.05) is 25.2 Å². The maximum absolute atomic E-state index is 11.0. The van der Waals surface area contributed by atoms with E-state index < -0.39 is 0 Å². The first-order chi connectivity index (χ1) is 12.5. The summed E-state index contributed by atoms with van der Waals surface area (Å²) in [6.07, 6.45) is 3.50. The third kappa shape index (κ3) is 4.03. The van der Waals surface area contributed by atoms with Crippen LogP contribution >= 0.6 is 0 Å². The SMILES string of the molecule is Cc1nc(CC2CCN(c3ccc(C(C)C)cc3)CC2)nc(C=O)c1O. The van der Waals surface area contributed by atoms with Gasteiger partial charge in [0.15, 0.2) is 12.0 Å². The standard InChI is InChI=1S/C21H27N3O2/c1-14(2)17-4-6-18(7-5-17)24-10-8-16(9-11-24)12-20-22-15(3)21(26)19(13-25)23-20/h4-7,13-14,16,26H,8-12H2,1-3H3. The lowest BCUT2D eigenvalue weighted by atomic mass is 9.92. The summed E-state index contributed by atoms with van der Waals surface area (Å²) in [7, 11) is 0. The summed E-state index contributed by atoms with van der Waals surface area (Å²) in [5, 5.41) is 9.78. The van der Waals surface area contributed by atoms with E-state index in [0.717, 1.165) is 32.4 Å². The van der Waals surface area contributed by atoms with Crippen LogP contribution in [0, 0.1) is 12.8 Å². The molecule has 0 spiro atoms. The molecule has 0 unspecified atom stereocenters. The van der Waals surface area contributed by atoms with Crippen molar-refractivity contribution in [1.82, 2.24) is 9.97 Å². The van der Waals surface area contributed by atoms with E-state index >= 15 is 0 Å². The summed E-state index contributed by atoms with van der Waals surface area (Å²) >= 11 is 0. The number of carbonyl (C=O) groups is 1. The minimum absolute atomic E-state index is 0.0928. The fourth-order valence-electron chi connectivity index (χ4n) is 3.55. The molecule has 1 saturated heterocycles. The van der Waals surface area contributed by atoms with E-state index in [-0.39, 0.29) is 11.4 Å². The molecule has 0 atom stereocenters. The van der Waals surface area contributed by atoms with Gasteiger partial charge in [0.25, 0.3) is 0 Å². The molecular formula is C21H27N3O2. The number of anilines is 1. The molecule has 2 heterocycles. The van der Waals surface area contributed by atoms with Crippen LogP contribution in [-0.2, 0) is 6.42 Å². The van der Waals surface area contributed by atoms with Crippen molar-refractivity contribution in [2.24, 2.45) is 5.92 Å². The van der Waals surface area contributed by atoms with E-state index in [9.17, 15) is 9.90 Å². The van der Waals surface area contributed by atoms with Crippen LogP contribution in [0.1, 0.15) is 60.2 Å². The highest BCUT2D eigenvalue weighted by Crippen LogP contribution is 2.27. The van der Waals surface area contributed by atoms with Gasteiger partial charge in [0.1, 0.15) is 11.5 Å². The molecule has 26 heavy (non-hydrogen) atoms. The van der Waals surface area contributed by atoms with Crippen molar-refractivity contribution < 1.29 is 9.90 Å². The van der Waals surface area contributed by atoms with Crippen molar-refractivity contribution in [3.8, 4) is 5.75 Å². The lowest BCUT2D eigenvalue weighted by molar-refractivity contribution is 0.111. The number of rotatable bonds is 5. The van der Waals surface area contributed by atoms with Crippen molar-refractivity contribution in [3.05, 3.63) is 47.0 Å². The minimum atomic E-state index is -0.108. The first kappa shape index (κ1) is 18.4. The molecule has 5 heteroatoms. The molecule has 3 rings (SSSR count). The lowest BCUT2D eigenvalue weighted by Crippen LogP contribution is -2.34. The van der Waals surface area contributed by atoms with Crippen LogP contribution < -0.4 is 4.90 Å². The van der Waals surface area contributed by atoms with E-state index in [0.29, 0.717) is 29.6 Å². The van der Waals surface area contributed by atoms with Crippen LogP contribution in [-0.4, -0.2) is 34.5 Å². The normalized spacial score (nSPS) is 15.5. The Morgan fingerprint density at radius 2 is 1.85 bits per heavy atom. The van der Waals surface area contributed by atoms with E-state index in [2.05, 4.69) is 53.0 Å². The van der Waals surface area contributed by atoms with E-state index in [1.165, 1.54) is 11.3 Å². The Bertz CT molecular complexity index is 764. The first-order valence-corrected chi connectivity index (χ1v) is 9.34. The fraction of sp³-hybridized carbons (Fsp3) is 0.476. The van der Waals surface area contributed by atoms with E-state index in [1.54, 1.807) is 6.92 Å². The summed E-state index contributed by atoms with van der Waals surface area (Å²) in [5.74, 6) is 1.61. The second-order valence-electron chi connectivity index (χ2n) is 7.46. The van der Waals surface area contributed by atoms with Crippen molar-refractivity contribution in [2.75, 3.05) is 18.0 Å². The molecule has 1 N–H and O–H groups in total. The zero-order chi connectivity index (χ0) is 18.7. The predicted octanol–water partition coefficient (Wildman–Crippen LogP) is 3.89. The fourth-order valence-corrected chi connectivity index (χ4v) is 3.55. The number of aromatic nitrogens is 2. The van der Waals surface area contributed by atoms with Crippen LogP contribution in [0.3, 0.4) is 0 Å². The van der Waals surface area contributed by atoms with Gasteiger partial charge in [-0.15, -0.1) is 0 Å². The molecule has 1 aromatic heterocycles. The maximum atomic E-state index is 11.0. The monoisotopic (exact) mass is 353 g/mol. The number of benzene rings is 1. The molecule has 1 aliphatic heterocycles. The van der Waals surface area contributed by atoms with Gasteiger partial charge in [-0.1, -0.05) is 26.0 Å². The third-order valence-electron chi connectivity index (χ3n) is 5.25. The van der Waals surface area contributed by atoms with Gasteiger partial charge >= 0.3 is 0 Å². The number of aromatic hydroxyl groups is 1. The van der Waals surface area contributed by atoms with Crippen LogP contribution in [0.5, 0.6) is 5.75 Å². The molecule has 0 aliphatic carbocycles. The summed E-state index contributed by atoms with van der Waals surface area (Å²) in [6.45, 7) is 8.16. The third-order valence-corrected chi connectivity index (χ3v) is 5.25. The Morgan fingerprint density at radius 1 is 1.19 bits per heavy atom. The van der Waals surface area contributed by atoms with E-state index in [4.69, 9.17) is 0 Å². The maximum Gasteiger partial charge on any atom is 0.172 e. The van der Waals surface area contributed by atoms with Crippen molar-refractivity contribution in [3.63, 3.8) is 0 Å². The van der Waals surface area contributed by atoms with Crippen LogP contribution in [0.4, 0.5) is 5.69 Å². The van der Waals surface area contributed by atoms with Gasteiger partial charge in [-0.3, -0.25) is 4.79 Å². The second kappa shape index (κ2) is 7.85. The average molecular weight is 353 g/mol.